The van der Waals surface area contributed by atoms with Crippen molar-refractivity contribution < 1.29 is 14.0 Å². The minimum absolute atomic E-state index is 0.0338. The van der Waals surface area contributed by atoms with Crippen LogP contribution in [0.2, 0.25) is 0 Å². The number of rotatable bonds is 5. The maximum Gasteiger partial charge on any atom is 0.240 e. The van der Waals surface area contributed by atoms with Gasteiger partial charge in [0.25, 0.3) is 0 Å². The number of carbonyl (C=O) groups is 2. The summed E-state index contributed by atoms with van der Waals surface area (Å²) in [5.41, 5.74) is 1.36. The molecule has 132 valence electrons. The molecule has 0 aliphatic carbocycles. The van der Waals surface area contributed by atoms with Crippen LogP contribution in [0, 0.1) is 5.82 Å². The van der Waals surface area contributed by atoms with E-state index in [-0.39, 0.29) is 24.1 Å². The van der Waals surface area contributed by atoms with Crippen molar-refractivity contribution in [2.24, 2.45) is 10.2 Å². The van der Waals surface area contributed by atoms with Gasteiger partial charge in [-0.3, -0.25) is 9.59 Å². The van der Waals surface area contributed by atoms with Crippen LogP contribution >= 0.6 is 11.8 Å². The van der Waals surface area contributed by atoms with E-state index in [1.807, 2.05) is 18.2 Å². The van der Waals surface area contributed by atoms with Gasteiger partial charge in [0.1, 0.15) is 11.1 Å². The first-order valence-corrected chi connectivity index (χ1v) is 8.67. The van der Waals surface area contributed by atoms with Gasteiger partial charge in [-0.05, 0) is 29.8 Å². The zero-order chi connectivity index (χ0) is 18.4. The number of anilines is 1. The molecular weight excluding hydrogens is 355 g/mol. The summed E-state index contributed by atoms with van der Waals surface area (Å²) in [5, 5.41) is 12.9. The Morgan fingerprint density at radius 2 is 1.92 bits per heavy atom. The Morgan fingerprint density at radius 3 is 2.65 bits per heavy atom. The van der Waals surface area contributed by atoms with Gasteiger partial charge in [0.15, 0.2) is 5.17 Å². The molecule has 3 rings (SSSR count). The van der Waals surface area contributed by atoms with Crippen molar-refractivity contribution in [3.05, 3.63) is 66.0 Å². The highest BCUT2D eigenvalue weighted by Crippen LogP contribution is 2.23. The molecule has 0 unspecified atom stereocenters. The van der Waals surface area contributed by atoms with Crippen molar-refractivity contribution in [3.8, 4) is 0 Å². The first-order valence-electron chi connectivity index (χ1n) is 7.79. The molecule has 26 heavy (non-hydrogen) atoms. The summed E-state index contributed by atoms with van der Waals surface area (Å²) < 4.78 is 12.8. The second kappa shape index (κ2) is 8.39. The number of hydrogen-bond donors (Lipinski definition) is 2. The largest absolute Gasteiger partial charge is 0.326 e. The number of nitrogens with zero attached hydrogens (tertiary/aromatic N) is 2. The van der Waals surface area contributed by atoms with Gasteiger partial charge in [-0.25, -0.2) is 4.39 Å². The standard InChI is InChI=1S/C18H15FN4O2S/c19-13-8-6-12(7-9-13)11-20-23-18-22-17(25)15(26-18)10-16(24)21-14-4-2-1-3-5-14/h1-9,11,15H,10H2,(H,21,24)(H,22,23,25)/b20-11-/t15-/m1/s1. The van der Waals surface area contributed by atoms with Crippen molar-refractivity contribution in [2.75, 3.05) is 5.32 Å². The molecule has 1 fully saturated rings. The maximum atomic E-state index is 12.8. The van der Waals surface area contributed by atoms with Gasteiger partial charge in [-0.2, -0.15) is 5.10 Å². The van der Waals surface area contributed by atoms with Gasteiger partial charge >= 0.3 is 0 Å². The molecule has 1 saturated heterocycles. The van der Waals surface area contributed by atoms with E-state index in [2.05, 4.69) is 20.8 Å². The van der Waals surface area contributed by atoms with Gasteiger partial charge in [0.2, 0.25) is 11.8 Å². The lowest BCUT2D eigenvalue weighted by Crippen LogP contribution is -2.28. The van der Waals surface area contributed by atoms with Gasteiger partial charge in [0, 0.05) is 12.1 Å². The third kappa shape index (κ3) is 5.00. The first-order chi connectivity index (χ1) is 12.6. The van der Waals surface area contributed by atoms with E-state index in [4.69, 9.17) is 0 Å². The lowest BCUT2D eigenvalue weighted by atomic mass is 10.2. The normalized spacial score (nSPS) is 18.3. The molecule has 6 nitrogen and oxygen atoms in total. The molecule has 1 heterocycles. The van der Waals surface area contributed by atoms with E-state index in [1.54, 1.807) is 24.3 Å². The lowest BCUT2D eigenvalue weighted by Gasteiger charge is -2.06. The summed E-state index contributed by atoms with van der Waals surface area (Å²) in [6.45, 7) is 0. The van der Waals surface area contributed by atoms with Crippen molar-refractivity contribution >= 4 is 40.6 Å². The zero-order valence-corrected chi connectivity index (χ0v) is 14.4. The summed E-state index contributed by atoms with van der Waals surface area (Å²) in [7, 11) is 0. The summed E-state index contributed by atoms with van der Waals surface area (Å²) in [6, 6.07) is 14.8. The number of benzene rings is 2. The van der Waals surface area contributed by atoms with Crippen LogP contribution in [-0.2, 0) is 9.59 Å². The minimum Gasteiger partial charge on any atom is -0.326 e. The Kier molecular flexibility index (Phi) is 5.75. The fourth-order valence-electron chi connectivity index (χ4n) is 2.19. The number of thioether (sulfide) groups is 1. The smallest absolute Gasteiger partial charge is 0.240 e. The van der Waals surface area contributed by atoms with Gasteiger partial charge in [0.05, 0.1) is 6.21 Å². The van der Waals surface area contributed by atoms with E-state index < -0.39 is 5.25 Å². The van der Waals surface area contributed by atoms with Crippen LogP contribution in [0.3, 0.4) is 0 Å². The van der Waals surface area contributed by atoms with Gasteiger partial charge in [-0.1, -0.05) is 42.1 Å². The molecule has 0 radical (unpaired) electrons. The Balaban J connectivity index is 1.54. The third-order valence-corrected chi connectivity index (χ3v) is 4.50. The molecule has 1 aliphatic rings. The highest BCUT2D eigenvalue weighted by molar-refractivity contribution is 8.15. The van der Waals surface area contributed by atoms with Crippen LogP contribution in [0.5, 0.6) is 0 Å². The van der Waals surface area contributed by atoms with Crippen LogP contribution in [0.25, 0.3) is 0 Å². The average molecular weight is 370 g/mol. The number of hydrogen-bond acceptors (Lipinski definition) is 5. The number of halogens is 1. The Bertz CT molecular complexity index is 853. The second-order valence-electron chi connectivity index (χ2n) is 5.42. The highest BCUT2D eigenvalue weighted by Gasteiger charge is 2.32. The number of amidine groups is 1. The predicted molar refractivity (Wildman–Crippen MR) is 101 cm³/mol. The molecule has 1 atom stereocenters. The molecule has 0 saturated carbocycles. The monoisotopic (exact) mass is 370 g/mol. The average Bonchev–Trinajstić information content (AvgIpc) is 2.97. The van der Waals surface area contributed by atoms with Crippen molar-refractivity contribution in [3.63, 3.8) is 0 Å². The van der Waals surface area contributed by atoms with Gasteiger partial charge in [-0.15, -0.1) is 5.10 Å². The fraction of sp³-hybridized carbons (Fsp3) is 0.111. The third-order valence-electron chi connectivity index (χ3n) is 3.43. The fourth-order valence-corrected chi connectivity index (χ4v) is 3.11. The van der Waals surface area contributed by atoms with E-state index in [9.17, 15) is 14.0 Å². The van der Waals surface area contributed by atoms with Crippen molar-refractivity contribution in [1.82, 2.24) is 5.32 Å². The Morgan fingerprint density at radius 1 is 1.19 bits per heavy atom. The summed E-state index contributed by atoms with van der Waals surface area (Å²) in [6.07, 6.45) is 1.49. The van der Waals surface area contributed by atoms with E-state index in [1.165, 1.54) is 18.3 Å². The second-order valence-corrected chi connectivity index (χ2v) is 6.61. The van der Waals surface area contributed by atoms with E-state index in [0.717, 1.165) is 11.8 Å². The molecule has 2 aromatic rings. The predicted octanol–water partition coefficient (Wildman–Crippen LogP) is 2.78. The molecule has 2 N–H and O–H groups in total. The van der Waals surface area contributed by atoms with Crippen LogP contribution in [0.15, 0.2) is 64.8 Å². The molecule has 2 amide bonds. The summed E-state index contributed by atoms with van der Waals surface area (Å²) >= 11 is 1.15. The van der Waals surface area contributed by atoms with Crippen LogP contribution in [0.1, 0.15) is 12.0 Å². The first kappa shape index (κ1) is 17.8. The summed E-state index contributed by atoms with van der Waals surface area (Å²) in [5.74, 6) is -0.863. The molecular formula is C18H15FN4O2S. The molecule has 1 aliphatic heterocycles. The lowest BCUT2D eigenvalue weighted by molar-refractivity contribution is -0.122. The van der Waals surface area contributed by atoms with Crippen molar-refractivity contribution in [2.45, 2.75) is 11.7 Å². The quantitative estimate of drug-likeness (QED) is 0.627. The van der Waals surface area contributed by atoms with E-state index >= 15 is 0 Å². The minimum atomic E-state index is -0.557. The topological polar surface area (TPSA) is 82.9 Å². The molecule has 2 aromatic carbocycles. The number of carbonyl (C=O) groups excluding carboxylic acids is 2. The SMILES string of the molecule is O=C(C[C@H]1S/C(=N\N=C/c2ccc(F)cc2)NC1=O)Nc1ccccc1. The number of amides is 2. The van der Waals surface area contributed by atoms with Crippen LogP contribution in [0.4, 0.5) is 10.1 Å². The molecule has 8 heteroatoms. The number of nitrogens with one attached hydrogen (secondary N) is 2. The maximum absolute atomic E-state index is 12.8. The Labute approximate surface area is 153 Å². The Hall–Kier alpha value is -3.00. The summed E-state index contributed by atoms with van der Waals surface area (Å²) in [4.78, 5) is 24.0. The van der Waals surface area contributed by atoms with Gasteiger partial charge < -0.3 is 10.6 Å². The van der Waals surface area contributed by atoms with Crippen LogP contribution < -0.4 is 10.6 Å². The molecule has 0 bridgehead atoms. The van der Waals surface area contributed by atoms with Crippen LogP contribution in [-0.4, -0.2) is 28.4 Å². The highest BCUT2D eigenvalue weighted by atomic mass is 32.2. The van der Waals surface area contributed by atoms with E-state index in [0.29, 0.717) is 16.4 Å². The zero-order valence-electron chi connectivity index (χ0n) is 13.6. The molecule has 0 spiro atoms. The number of para-hydroxylation sites is 1. The van der Waals surface area contributed by atoms with Crippen molar-refractivity contribution in [1.29, 1.82) is 0 Å². The molecule has 0 aromatic heterocycles.